The first kappa shape index (κ1) is 17.1. The van der Waals surface area contributed by atoms with Gasteiger partial charge in [0, 0.05) is 29.5 Å². The summed E-state index contributed by atoms with van der Waals surface area (Å²) in [6, 6.07) is 8.85. The van der Waals surface area contributed by atoms with Gasteiger partial charge in [-0.05, 0) is 42.0 Å². The van der Waals surface area contributed by atoms with E-state index in [0.717, 1.165) is 0 Å². The van der Waals surface area contributed by atoms with Gasteiger partial charge >= 0.3 is 0 Å². The van der Waals surface area contributed by atoms with Crippen LogP contribution in [0.1, 0.15) is 17.2 Å². The minimum Gasteiger partial charge on any atom is -0.507 e. The number of ketones is 1. The molecule has 128 valence electrons. The first-order valence-corrected chi connectivity index (χ1v) is 7.97. The molecule has 0 bridgehead atoms. The number of Topliss-reactive ketones (excluding diaryl/α,β-unsaturated/α-hetero) is 1. The number of hydrogen-bond donors (Lipinski definition) is 2. The van der Waals surface area contributed by atoms with Crippen LogP contribution in [-0.2, 0) is 9.59 Å². The van der Waals surface area contributed by atoms with Gasteiger partial charge in [-0.25, -0.2) is 0 Å². The minimum absolute atomic E-state index is 0.0189. The number of carbonyl (C=O) groups excluding carboxylic acids is 2. The van der Waals surface area contributed by atoms with Crippen molar-refractivity contribution >= 4 is 29.1 Å². The predicted octanol–water partition coefficient (Wildman–Crippen LogP) is 2.15. The highest BCUT2D eigenvalue weighted by Gasteiger charge is 2.45. The maximum atomic E-state index is 12.5. The Balaban J connectivity index is 2.17. The second kappa shape index (κ2) is 7.04. The number of rotatable bonds is 4. The average molecular weight is 359 g/mol. The van der Waals surface area contributed by atoms with Crippen LogP contribution in [0.4, 0.5) is 0 Å². The highest BCUT2D eigenvalue weighted by atomic mass is 35.5. The van der Waals surface area contributed by atoms with Crippen LogP contribution in [0.15, 0.2) is 54.4 Å². The molecule has 0 radical (unpaired) electrons. The molecular weight excluding hydrogens is 344 g/mol. The van der Waals surface area contributed by atoms with Gasteiger partial charge in [-0.3, -0.25) is 14.6 Å². The van der Waals surface area contributed by atoms with Crippen molar-refractivity contribution in [2.45, 2.75) is 6.04 Å². The third-order valence-corrected chi connectivity index (χ3v) is 4.27. The van der Waals surface area contributed by atoms with Crippen molar-refractivity contribution in [1.29, 1.82) is 0 Å². The third kappa shape index (κ3) is 3.14. The van der Waals surface area contributed by atoms with Crippen LogP contribution in [0.3, 0.4) is 0 Å². The standard InChI is InChI=1S/C18H15ClN2O4/c19-13-3-1-12(2-4-13)16(23)14-15(11-5-7-20-8-6-11)21(9-10-22)18(25)17(14)24/h1-8,15,22-23H,9-10H2/b16-14-. The quantitative estimate of drug-likeness (QED) is 0.496. The number of hydrogen-bond acceptors (Lipinski definition) is 5. The zero-order chi connectivity index (χ0) is 18.0. The Hall–Kier alpha value is -2.70. The number of benzene rings is 1. The van der Waals surface area contributed by atoms with E-state index in [2.05, 4.69) is 4.98 Å². The minimum atomic E-state index is -0.789. The van der Waals surface area contributed by atoms with Crippen molar-refractivity contribution in [3.05, 3.63) is 70.5 Å². The monoisotopic (exact) mass is 358 g/mol. The molecule has 0 aliphatic carbocycles. The molecule has 2 N–H and O–H groups in total. The molecule has 1 aliphatic rings. The van der Waals surface area contributed by atoms with E-state index in [1.807, 2.05) is 0 Å². The lowest BCUT2D eigenvalue weighted by atomic mass is 9.96. The number of aromatic nitrogens is 1. The van der Waals surface area contributed by atoms with Crippen molar-refractivity contribution < 1.29 is 19.8 Å². The molecule has 7 heteroatoms. The largest absolute Gasteiger partial charge is 0.507 e. The number of pyridine rings is 1. The second-order valence-electron chi connectivity index (χ2n) is 5.50. The van der Waals surface area contributed by atoms with Gasteiger partial charge in [-0.2, -0.15) is 0 Å². The topological polar surface area (TPSA) is 90.7 Å². The molecule has 1 unspecified atom stereocenters. The normalized spacial score (nSPS) is 19.4. The Morgan fingerprint density at radius 2 is 1.76 bits per heavy atom. The average Bonchev–Trinajstić information content (AvgIpc) is 2.88. The first-order valence-electron chi connectivity index (χ1n) is 7.59. The molecule has 1 amide bonds. The van der Waals surface area contributed by atoms with Crippen LogP contribution in [0.5, 0.6) is 0 Å². The van der Waals surface area contributed by atoms with Crippen molar-refractivity contribution in [2.75, 3.05) is 13.2 Å². The number of likely N-dealkylation sites (tertiary alicyclic amines) is 1. The predicted molar refractivity (Wildman–Crippen MR) is 91.8 cm³/mol. The molecular formula is C18H15ClN2O4. The van der Waals surface area contributed by atoms with E-state index < -0.39 is 17.7 Å². The van der Waals surface area contributed by atoms with Crippen molar-refractivity contribution in [3.8, 4) is 0 Å². The summed E-state index contributed by atoms with van der Waals surface area (Å²) in [6.45, 7) is -0.315. The van der Waals surface area contributed by atoms with Crippen LogP contribution < -0.4 is 0 Å². The van der Waals surface area contributed by atoms with Crippen molar-refractivity contribution in [2.24, 2.45) is 0 Å². The number of aliphatic hydroxyl groups excluding tert-OH is 2. The SMILES string of the molecule is O=C1C(=O)N(CCO)C(c2ccncc2)/C1=C(/O)c1ccc(Cl)cc1. The van der Waals surface area contributed by atoms with Gasteiger partial charge in [-0.15, -0.1) is 0 Å². The summed E-state index contributed by atoms with van der Waals surface area (Å²) in [6.07, 6.45) is 3.08. The Labute approximate surface area is 149 Å². The van der Waals surface area contributed by atoms with Gasteiger partial charge < -0.3 is 15.1 Å². The maximum absolute atomic E-state index is 12.5. The van der Waals surface area contributed by atoms with Gasteiger partial charge in [0.25, 0.3) is 11.7 Å². The molecule has 1 aromatic carbocycles. The fraction of sp³-hybridized carbons (Fsp3) is 0.167. The smallest absolute Gasteiger partial charge is 0.295 e. The van der Waals surface area contributed by atoms with E-state index in [9.17, 15) is 19.8 Å². The van der Waals surface area contributed by atoms with Gasteiger partial charge in [0.2, 0.25) is 0 Å². The fourth-order valence-electron chi connectivity index (χ4n) is 2.87. The summed E-state index contributed by atoms with van der Waals surface area (Å²) >= 11 is 5.86. The van der Waals surface area contributed by atoms with Crippen LogP contribution in [-0.4, -0.2) is 44.9 Å². The van der Waals surface area contributed by atoms with Crippen molar-refractivity contribution in [1.82, 2.24) is 9.88 Å². The Kier molecular flexibility index (Phi) is 4.83. The number of aliphatic hydroxyl groups is 2. The van der Waals surface area contributed by atoms with Crippen molar-refractivity contribution in [3.63, 3.8) is 0 Å². The molecule has 1 fully saturated rings. The fourth-order valence-corrected chi connectivity index (χ4v) is 3.00. The molecule has 0 saturated carbocycles. The van der Waals surface area contributed by atoms with E-state index >= 15 is 0 Å². The van der Waals surface area contributed by atoms with Crippen LogP contribution in [0, 0.1) is 0 Å². The lowest BCUT2D eigenvalue weighted by Gasteiger charge is -2.24. The Bertz CT molecular complexity index is 834. The van der Waals surface area contributed by atoms with E-state index in [0.29, 0.717) is 16.1 Å². The number of nitrogens with zero attached hydrogens (tertiary/aromatic N) is 2. The number of carbonyl (C=O) groups is 2. The van der Waals surface area contributed by atoms with E-state index in [4.69, 9.17) is 11.6 Å². The first-order chi connectivity index (χ1) is 12.0. The third-order valence-electron chi connectivity index (χ3n) is 4.02. The maximum Gasteiger partial charge on any atom is 0.295 e. The Morgan fingerprint density at radius 3 is 2.36 bits per heavy atom. The molecule has 3 rings (SSSR count). The lowest BCUT2D eigenvalue weighted by Crippen LogP contribution is -2.32. The summed E-state index contributed by atoms with van der Waals surface area (Å²) in [7, 11) is 0. The highest BCUT2D eigenvalue weighted by molar-refractivity contribution is 6.46. The molecule has 2 heterocycles. The highest BCUT2D eigenvalue weighted by Crippen LogP contribution is 2.38. The van der Waals surface area contributed by atoms with E-state index in [1.54, 1.807) is 36.4 Å². The lowest BCUT2D eigenvalue weighted by molar-refractivity contribution is -0.140. The molecule has 1 saturated heterocycles. The number of amides is 1. The second-order valence-corrected chi connectivity index (χ2v) is 5.94. The molecule has 2 aromatic rings. The van der Waals surface area contributed by atoms with Gasteiger partial charge in [-0.1, -0.05) is 11.6 Å². The zero-order valence-corrected chi connectivity index (χ0v) is 13.8. The molecule has 6 nitrogen and oxygen atoms in total. The number of β-amino-alcohol motifs (C(OH)–C–C–N with tert-alkyl or cyclic N) is 1. The zero-order valence-electron chi connectivity index (χ0n) is 13.1. The molecule has 1 aromatic heterocycles. The molecule has 0 spiro atoms. The number of halogens is 1. The summed E-state index contributed by atoms with van der Waals surface area (Å²) in [5, 5.41) is 20.4. The van der Waals surface area contributed by atoms with Crippen LogP contribution in [0.25, 0.3) is 5.76 Å². The summed E-state index contributed by atoms with van der Waals surface area (Å²) in [5.41, 5.74) is 0.982. The van der Waals surface area contributed by atoms with Gasteiger partial charge in [0.05, 0.1) is 18.2 Å². The Morgan fingerprint density at radius 1 is 1.12 bits per heavy atom. The summed E-state index contributed by atoms with van der Waals surface area (Å²) in [4.78, 5) is 30.1. The van der Waals surface area contributed by atoms with Crippen LogP contribution >= 0.6 is 11.6 Å². The summed E-state index contributed by atoms with van der Waals surface area (Å²) < 4.78 is 0. The molecule has 1 atom stereocenters. The molecule has 25 heavy (non-hydrogen) atoms. The van der Waals surface area contributed by atoms with Gasteiger partial charge in [0.15, 0.2) is 0 Å². The molecule has 1 aliphatic heterocycles. The van der Waals surface area contributed by atoms with Gasteiger partial charge in [0.1, 0.15) is 5.76 Å². The van der Waals surface area contributed by atoms with E-state index in [1.165, 1.54) is 17.3 Å². The summed E-state index contributed by atoms with van der Waals surface area (Å²) in [5.74, 6) is -1.83. The van der Waals surface area contributed by atoms with E-state index in [-0.39, 0.29) is 24.5 Å². The van der Waals surface area contributed by atoms with Crippen LogP contribution in [0.2, 0.25) is 5.02 Å².